The fraction of sp³-hybridized carbons (Fsp3) is 0.380. The van der Waals surface area contributed by atoms with Crippen LogP contribution in [0, 0.1) is 0 Å². The molecule has 0 spiro atoms. The standard InChI is InChI=1S/C100H94Cl4F6N4O18/c1-55(101)95(121)125-45-41-59-25-33-67(34-26-59)129-77-49-71-81-72(90(116)113(89(71)115)75(53-99(105,106)107)93(119)111(63-17-9-5-10-18-63)64-19-11-6-12-20-64)51-79(131-69-37-29-61(30-38-69)43-47-127-97(123)57(3)103)85-86-80(132-70-39-31-62(32-40-70)44-48-128-98(124)58(4)104)52-74-82-73(50-78(84(88(82)86)83(77)87(81)85)130-68-35-27-60(28-36-68)42-46-126-96(122)56(2)102)91(117)114(92(74)118)76(54-100(108,109)110)94(120)112(65-21-13-7-14-22-65)66-23-15-8-16-24-66/h25-40,49-52,63-66,75-76H,1-24,41-48,53-54H2. The summed E-state index contributed by atoms with van der Waals surface area (Å²) in [5, 5.41) is -3.01. The fourth-order valence-corrected chi connectivity index (χ4v) is 19.5. The monoisotopic (exact) mass is 1890 g/mol. The van der Waals surface area contributed by atoms with Crippen molar-refractivity contribution in [2.24, 2.45) is 0 Å². The minimum absolute atomic E-state index is 0.0270. The maximum Gasteiger partial charge on any atom is 0.391 e. The number of halogens is 10. The Kier molecular flexibility index (Phi) is 29.3. The first-order valence-electron chi connectivity index (χ1n) is 44.2. The van der Waals surface area contributed by atoms with Crippen molar-refractivity contribution in [2.45, 2.75) is 216 Å². The molecule has 0 saturated heterocycles. The van der Waals surface area contributed by atoms with E-state index in [1.54, 1.807) is 48.5 Å². The van der Waals surface area contributed by atoms with Gasteiger partial charge in [-0.25, -0.2) is 19.2 Å². The van der Waals surface area contributed by atoms with Gasteiger partial charge in [-0.3, -0.25) is 38.6 Å². The van der Waals surface area contributed by atoms with Crippen LogP contribution in [0.25, 0.3) is 43.1 Å². The third-order valence-corrected chi connectivity index (χ3v) is 26.0. The van der Waals surface area contributed by atoms with Gasteiger partial charge < -0.3 is 47.7 Å². The molecule has 2 atom stereocenters. The zero-order valence-corrected chi connectivity index (χ0v) is 75.0. The molecule has 6 amide bonds. The molecule has 9 aromatic carbocycles. The summed E-state index contributed by atoms with van der Waals surface area (Å²) in [7, 11) is 0. The van der Waals surface area contributed by atoms with E-state index in [0.29, 0.717) is 135 Å². The normalized spacial score (nSPS) is 16.4. The number of carbonyl (C=O) groups excluding carboxylic acids is 10. The minimum Gasteiger partial charge on any atom is -0.461 e. The average molecular weight is 1900 g/mol. The summed E-state index contributed by atoms with van der Waals surface area (Å²) < 4.78 is 147. The predicted molar refractivity (Wildman–Crippen MR) is 483 cm³/mol. The molecule has 22 nitrogen and oxygen atoms in total. The summed E-state index contributed by atoms with van der Waals surface area (Å²) in [5.41, 5.74) is 0.238. The summed E-state index contributed by atoms with van der Waals surface area (Å²) in [6, 6.07) is 22.3. The largest absolute Gasteiger partial charge is 0.461 e. The molecule has 2 heterocycles. The third kappa shape index (κ3) is 21.0. The molecule has 132 heavy (non-hydrogen) atoms. The Morgan fingerprint density at radius 1 is 0.326 bits per heavy atom. The van der Waals surface area contributed by atoms with Crippen molar-refractivity contribution in [2.75, 3.05) is 26.4 Å². The fourth-order valence-electron chi connectivity index (χ4n) is 19.3. The van der Waals surface area contributed by atoms with Crippen molar-refractivity contribution < 1.29 is 112 Å². The van der Waals surface area contributed by atoms with Gasteiger partial charge >= 0.3 is 36.2 Å². The number of nitrogens with zero attached hydrogens (tertiary/aromatic N) is 4. The van der Waals surface area contributed by atoms with Gasteiger partial charge in [0.25, 0.3) is 23.6 Å². The zero-order chi connectivity index (χ0) is 93.7. The van der Waals surface area contributed by atoms with Gasteiger partial charge in [0.05, 0.1) is 61.5 Å². The molecule has 4 saturated carbocycles. The first-order chi connectivity index (χ1) is 63.2. The highest BCUT2D eigenvalue weighted by molar-refractivity contribution is 6.46. The lowest BCUT2D eigenvalue weighted by Gasteiger charge is -2.45. The van der Waals surface area contributed by atoms with E-state index >= 15 is 55.1 Å². The molecule has 4 aliphatic carbocycles. The van der Waals surface area contributed by atoms with Crippen molar-refractivity contribution in [3.05, 3.63) is 212 Å². The van der Waals surface area contributed by atoms with Gasteiger partial charge in [0.1, 0.15) is 78.2 Å². The minimum atomic E-state index is -5.23. The average Bonchev–Trinajstić information content (AvgIpc) is 0.668. The summed E-state index contributed by atoms with van der Waals surface area (Å²) in [5.74, 6) is -12.8. The Bertz CT molecular complexity index is 5360. The molecule has 9 aromatic rings. The van der Waals surface area contributed by atoms with Gasteiger partial charge in [0, 0.05) is 92.9 Å². The van der Waals surface area contributed by atoms with Crippen LogP contribution in [0.5, 0.6) is 46.0 Å². The lowest BCUT2D eigenvalue weighted by atomic mass is 9.80. The van der Waals surface area contributed by atoms with E-state index in [-0.39, 0.29) is 161 Å². The van der Waals surface area contributed by atoms with Crippen molar-refractivity contribution in [1.29, 1.82) is 0 Å². The topological polar surface area (TPSA) is 258 Å². The Labute approximate surface area is 776 Å². The molecule has 15 rings (SSSR count). The van der Waals surface area contributed by atoms with E-state index in [1.807, 2.05) is 0 Å². The molecule has 0 radical (unpaired) electrons. The number of fused-ring (bicyclic) bond motifs is 2. The first kappa shape index (κ1) is 94.9. The van der Waals surface area contributed by atoms with Crippen LogP contribution in [0.3, 0.4) is 0 Å². The summed E-state index contributed by atoms with van der Waals surface area (Å²) in [6.07, 6.45) is -2.11. The van der Waals surface area contributed by atoms with Gasteiger partial charge in [-0.2, -0.15) is 26.3 Å². The first-order valence-corrected chi connectivity index (χ1v) is 45.7. The van der Waals surface area contributed by atoms with E-state index in [0.717, 1.165) is 25.7 Å². The third-order valence-electron chi connectivity index (χ3n) is 25.4. The number of rotatable bonds is 34. The summed E-state index contributed by atoms with van der Waals surface area (Å²) >= 11 is 23.4. The maximum atomic E-state index is 16.9. The zero-order valence-electron chi connectivity index (χ0n) is 72.0. The van der Waals surface area contributed by atoms with Crippen LogP contribution in [-0.2, 0) is 73.4 Å². The molecule has 32 heteroatoms. The van der Waals surface area contributed by atoms with Crippen LogP contribution in [0.15, 0.2) is 168 Å². The predicted octanol–water partition coefficient (Wildman–Crippen LogP) is 23.1. The molecule has 0 bridgehead atoms. The van der Waals surface area contributed by atoms with E-state index in [9.17, 15) is 19.2 Å². The second-order valence-electron chi connectivity index (χ2n) is 34.1. The quantitative estimate of drug-likeness (QED) is 0.00690. The van der Waals surface area contributed by atoms with Crippen molar-refractivity contribution in [3.63, 3.8) is 0 Å². The number of hydrogen-bond acceptors (Lipinski definition) is 18. The smallest absolute Gasteiger partial charge is 0.391 e. The SMILES string of the molecule is C=C(Cl)C(=O)OCCc1ccc(Oc2cc3c4c(cc(Oc5ccc(CCOC(=O)C(=C)Cl)cc5)c5c6c(Oc7ccc(CCOC(=O)C(=C)Cl)cc7)cc7c8c(cc(Oc9ccc(CCOC(=O)C(=C)Cl)cc9)c(c2c45)c86)C(=O)N(C(CC(F)(F)F)C(=O)N(C2CCCCC2)C2CCCCC2)C7=O)C(=O)N(C(CC(F)(F)F)C(=O)N(C2CCCCC2)C2CCCCC2)C3=O)cc1. The van der Waals surface area contributed by atoms with Crippen LogP contribution in [0.4, 0.5) is 26.3 Å². The Balaban J connectivity index is 1.05. The number of imide groups is 2. The van der Waals surface area contributed by atoms with Gasteiger partial charge in [0.15, 0.2) is 0 Å². The molecule has 0 N–H and O–H groups in total. The molecule has 0 aromatic heterocycles. The van der Waals surface area contributed by atoms with Crippen molar-refractivity contribution >= 4 is 149 Å². The van der Waals surface area contributed by atoms with E-state index in [4.69, 9.17) is 84.3 Å². The van der Waals surface area contributed by atoms with Gasteiger partial charge in [-0.15, -0.1) is 0 Å². The lowest BCUT2D eigenvalue weighted by molar-refractivity contribution is -0.162. The van der Waals surface area contributed by atoms with Crippen molar-refractivity contribution in [3.8, 4) is 46.0 Å². The number of amides is 6. The Morgan fingerprint density at radius 2 is 0.530 bits per heavy atom. The Morgan fingerprint density at radius 3 is 0.720 bits per heavy atom. The molecule has 692 valence electrons. The maximum absolute atomic E-state index is 16.9. The van der Waals surface area contributed by atoms with E-state index in [1.165, 1.54) is 82.6 Å². The second kappa shape index (κ2) is 40.8. The summed E-state index contributed by atoms with van der Waals surface area (Å²) in [6.45, 7) is 13.0. The number of carbonyl (C=O) groups is 10. The van der Waals surface area contributed by atoms with Gasteiger partial charge in [0.2, 0.25) is 11.8 Å². The van der Waals surface area contributed by atoms with Crippen LogP contribution in [-0.4, -0.2) is 154 Å². The van der Waals surface area contributed by atoms with Gasteiger partial charge in [-0.1, -0.05) is 198 Å². The highest BCUT2D eigenvalue weighted by atomic mass is 35.5. The molecule has 2 aliphatic heterocycles. The molecule has 4 fully saturated rings. The molecule has 2 unspecified atom stereocenters. The highest BCUT2D eigenvalue weighted by Gasteiger charge is 2.53. The summed E-state index contributed by atoms with van der Waals surface area (Å²) in [4.78, 5) is 154. The van der Waals surface area contributed by atoms with Crippen LogP contribution >= 0.6 is 46.4 Å². The van der Waals surface area contributed by atoms with Crippen LogP contribution < -0.4 is 18.9 Å². The number of benzene rings is 9. The van der Waals surface area contributed by atoms with Crippen LogP contribution in [0.1, 0.15) is 205 Å². The van der Waals surface area contributed by atoms with Crippen LogP contribution in [0.2, 0.25) is 0 Å². The molecular formula is C100H94Cl4F6N4O18. The Hall–Kier alpha value is -11.7. The van der Waals surface area contributed by atoms with E-state index in [2.05, 4.69) is 26.3 Å². The van der Waals surface area contributed by atoms with Gasteiger partial charge in [-0.05, 0) is 146 Å². The number of hydrogen-bond donors (Lipinski definition) is 0. The van der Waals surface area contributed by atoms with Crippen molar-refractivity contribution in [1.82, 2.24) is 19.6 Å². The molecule has 6 aliphatic rings. The number of esters is 4. The second-order valence-corrected chi connectivity index (χ2v) is 36.0. The number of alkyl halides is 6. The van der Waals surface area contributed by atoms with E-state index < -0.39 is 143 Å². The number of ether oxygens (including phenoxy) is 8. The lowest BCUT2D eigenvalue weighted by Crippen LogP contribution is -2.60. The molecular weight excluding hydrogens is 1800 g/mol. The highest BCUT2D eigenvalue weighted by Crippen LogP contribution is 2.59.